The van der Waals surface area contributed by atoms with E-state index in [0.717, 1.165) is 37.9 Å². The van der Waals surface area contributed by atoms with Crippen molar-refractivity contribution in [2.45, 2.75) is 44.9 Å². The molecule has 1 unspecified atom stereocenters. The first-order chi connectivity index (χ1) is 8.83. The van der Waals surface area contributed by atoms with Gasteiger partial charge < -0.3 is 9.67 Å². The lowest BCUT2D eigenvalue weighted by molar-refractivity contribution is 0.166. The second-order valence-electron chi connectivity index (χ2n) is 5.01. The molecule has 0 spiro atoms. The molecule has 96 valence electrons. The fourth-order valence-corrected chi connectivity index (χ4v) is 2.67. The SMILES string of the molecule is OC1CCCCc2cn(CCn3cccn3)cc21. The van der Waals surface area contributed by atoms with E-state index in [2.05, 4.69) is 22.1 Å². The molecule has 0 amide bonds. The Morgan fingerprint density at radius 1 is 1.28 bits per heavy atom. The van der Waals surface area contributed by atoms with Crippen LogP contribution >= 0.6 is 0 Å². The standard InChI is InChI=1S/C14H19N3O/c18-14-5-2-1-4-12-10-16(11-13(12)14)8-9-17-7-3-6-15-17/h3,6-7,10-11,14,18H,1-2,4-5,8-9H2. The molecule has 1 N–H and O–H groups in total. The summed E-state index contributed by atoms with van der Waals surface area (Å²) in [7, 11) is 0. The van der Waals surface area contributed by atoms with E-state index in [1.54, 1.807) is 6.20 Å². The molecule has 1 aliphatic rings. The molecule has 0 aromatic carbocycles. The Balaban J connectivity index is 1.72. The summed E-state index contributed by atoms with van der Waals surface area (Å²) >= 11 is 0. The lowest BCUT2D eigenvalue weighted by Gasteiger charge is -2.06. The molecule has 2 aromatic rings. The lowest BCUT2D eigenvalue weighted by Crippen LogP contribution is -2.06. The molecule has 2 aromatic heterocycles. The fraction of sp³-hybridized carbons (Fsp3) is 0.500. The van der Waals surface area contributed by atoms with Crippen molar-refractivity contribution < 1.29 is 5.11 Å². The maximum atomic E-state index is 10.1. The molecular formula is C14H19N3O. The van der Waals surface area contributed by atoms with Gasteiger partial charge in [-0.2, -0.15) is 5.10 Å². The van der Waals surface area contributed by atoms with E-state index in [1.807, 2.05) is 16.9 Å². The Kier molecular flexibility index (Phi) is 3.19. The van der Waals surface area contributed by atoms with Crippen molar-refractivity contribution in [3.8, 4) is 0 Å². The van der Waals surface area contributed by atoms with Crippen LogP contribution in [-0.2, 0) is 19.5 Å². The van der Waals surface area contributed by atoms with Gasteiger partial charge in [-0.3, -0.25) is 4.68 Å². The van der Waals surface area contributed by atoms with E-state index in [4.69, 9.17) is 0 Å². The van der Waals surface area contributed by atoms with Gasteiger partial charge in [0.15, 0.2) is 0 Å². The molecule has 3 rings (SSSR count). The van der Waals surface area contributed by atoms with Crippen LogP contribution in [0, 0.1) is 0 Å². The summed E-state index contributed by atoms with van der Waals surface area (Å²) in [5.74, 6) is 0. The minimum atomic E-state index is -0.270. The molecule has 0 fully saturated rings. The molecule has 0 aliphatic heterocycles. The van der Waals surface area contributed by atoms with Gasteiger partial charge in [-0.05, 0) is 30.9 Å². The fourth-order valence-electron chi connectivity index (χ4n) is 2.67. The molecule has 18 heavy (non-hydrogen) atoms. The molecular weight excluding hydrogens is 226 g/mol. The van der Waals surface area contributed by atoms with Gasteiger partial charge in [0.1, 0.15) is 0 Å². The van der Waals surface area contributed by atoms with E-state index in [0.29, 0.717) is 0 Å². The van der Waals surface area contributed by atoms with E-state index >= 15 is 0 Å². The summed E-state index contributed by atoms with van der Waals surface area (Å²) in [6, 6.07) is 1.94. The average Bonchev–Trinajstić information content (AvgIpc) is 2.98. The second kappa shape index (κ2) is 4.98. The molecule has 0 saturated heterocycles. The first-order valence-electron chi connectivity index (χ1n) is 6.67. The minimum absolute atomic E-state index is 0.270. The second-order valence-corrected chi connectivity index (χ2v) is 5.01. The van der Waals surface area contributed by atoms with Crippen LogP contribution < -0.4 is 0 Å². The van der Waals surface area contributed by atoms with Gasteiger partial charge in [0.25, 0.3) is 0 Å². The van der Waals surface area contributed by atoms with Crippen LogP contribution in [0.1, 0.15) is 36.5 Å². The number of hydrogen-bond donors (Lipinski definition) is 1. The van der Waals surface area contributed by atoms with E-state index in [-0.39, 0.29) is 6.10 Å². The number of fused-ring (bicyclic) bond motifs is 1. The number of nitrogens with zero attached hydrogens (tertiary/aromatic N) is 3. The van der Waals surface area contributed by atoms with Gasteiger partial charge in [0, 0.05) is 36.9 Å². The third kappa shape index (κ3) is 2.34. The topological polar surface area (TPSA) is 43.0 Å². The van der Waals surface area contributed by atoms with Gasteiger partial charge in [0.05, 0.1) is 12.6 Å². The van der Waals surface area contributed by atoms with Crippen LogP contribution in [0.25, 0.3) is 0 Å². The first kappa shape index (κ1) is 11.5. The van der Waals surface area contributed by atoms with Crippen molar-refractivity contribution >= 4 is 0 Å². The zero-order valence-corrected chi connectivity index (χ0v) is 10.5. The average molecular weight is 245 g/mol. The lowest BCUT2D eigenvalue weighted by atomic mass is 10.1. The van der Waals surface area contributed by atoms with Gasteiger partial charge in [0.2, 0.25) is 0 Å². The highest BCUT2D eigenvalue weighted by Gasteiger charge is 2.18. The number of hydrogen-bond acceptors (Lipinski definition) is 2. The van der Waals surface area contributed by atoms with Gasteiger partial charge in [-0.25, -0.2) is 0 Å². The van der Waals surface area contributed by atoms with E-state index < -0.39 is 0 Å². The molecule has 4 heteroatoms. The van der Waals surface area contributed by atoms with Gasteiger partial charge >= 0.3 is 0 Å². The predicted molar refractivity (Wildman–Crippen MR) is 69.2 cm³/mol. The highest BCUT2D eigenvalue weighted by atomic mass is 16.3. The molecule has 1 aliphatic carbocycles. The zero-order chi connectivity index (χ0) is 12.4. The van der Waals surface area contributed by atoms with Crippen LogP contribution in [-0.4, -0.2) is 19.5 Å². The zero-order valence-electron chi connectivity index (χ0n) is 10.5. The largest absolute Gasteiger partial charge is 0.388 e. The van der Waals surface area contributed by atoms with Crippen molar-refractivity contribution in [1.82, 2.24) is 14.3 Å². The highest BCUT2D eigenvalue weighted by molar-refractivity contribution is 5.27. The van der Waals surface area contributed by atoms with Crippen molar-refractivity contribution in [1.29, 1.82) is 0 Å². The Morgan fingerprint density at radius 3 is 3.06 bits per heavy atom. The van der Waals surface area contributed by atoms with Crippen LogP contribution in [0.5, 0.6) is 0 Å². The smallest absolute Gasteiger partial charge is 0.0807 e. The Labute approximate surface area is 107 Å². The number of aliphatic hydroxyl groups excluding tert-OH is 1. The minimum Gasteiger partial charge on any atom is -0.388 e. The van der Waals surface area contributed by atoms with E-state index in [9.17, 15) is 5.11 Å². The third-order valence-electron chi connectivity index (χ3n) is 3.68. The summed E-state index contributed by atoms with van der Waals surface area (Å²) in [6.07, 6.45) is 12.1. The highest BCUT2D eigenvalue weighted by Crippen LogP contribution is 2.29. The number of aromatic nitrogens is 3. The predicted octanol–water partition coefficient (Wildman–Crippen LogP) is 2.14. The third-order valence-corrected chi connectivity index (χ3v) is 3.68. The summed E-state index contributed by atoms with van der Waals surface area (Å²) in [5.41, 5.74) is 2.45. The van der Waals surface area contributed by atoms with Crippen LogP contribution in [0.15, 0.2) is 30.9 Å². The Hall–Kier alpha value is -1.55. The summed E-state index contributed by atoms with van der Waals surface area (Å²) in [5, 5.41) is 14.3. The van der Waals surface area contributed by atoms with Crippen LogP contribution in [0.3, 0.4) is 0 Å². The van der Waals surface area contributed by atoms with Crippen molar-refractivity contribution in [3.05, 3.63) is 42.0 Å². The quantitative estimate of drug-likeness (QED) is 0.842. The van der Waals surface area contributed by atoms with Crippen molar-refractivity contribution in [2.75, 3.05) is 0 Å². The number of rotatable bonds is 3. The molecule has 4 nitrogen and oxygen atoms in total. The maximum absolute atomic E-state index is 10.1. The first-order valence-corrected chi connectivity index (χ1v) is 6.67. The number of aliphatic hydroxyl groups is 1. The summed E-state index contributed by atoms with van der Waals surface area (Å²) < 4.78 is 4.11. The molecule has 0 radical (unpaired) electrons. The van der Waals surface area contributed by atoms with Crippen LogP contribution in [0.2, 0.25) is 0 Å². The Bertz CT molecular complexity index is 501. The molecule has 0 bridgehead atoms. The Morgan fingerprint density at radius 2 is 2.22 bits per heavy atom. The van der Waals surface area contributed by atoms with Crippen LogP contribution in [0.4, 0.5) is 0 Å². The normalized spacial score (nSPS) is 19.5. The van der Waals surface area contributed by atoms with Crippen molar-refractivity contribution in [2.24, 2.45) is 0 Å². The molecule has 1 atom stereocenters. The summed E-state index contributed by atoms with van der Waals surface area (Å²) in [4.78, 5) is 0. The summed E-state index contributed by atoms with van der Waals surface area (Å²) in [6.45, 7) is 1.78. The number of aryl methyl sites for hydroxylation is 3. The van der Waals surface area contributed by atoms with Gasteiger partial charge in [-0.1, -0.05) is 6.42 Å². The van der Waals surface area contributed by atoms with E-state index in [1.165, 1.54) is 12.0 Å². The molecule has 0 saturated carbocycles. The van der Waals surface area contributed by atoms with Crippen molar-refractivity contribution in [3.63, 3.8) is 0 Å². The maximum Gasteiger partial charge on any atom is 0.0807 e. The van der Waals surface area contributed by atoms with Gasteiger partial charge in [-0.15, -0.1) is 0 Å². The molecule has 2 heterocycles. The monoisotopic (exact) mass is 245 g/mol.